The standard InChI is InChI=1S/C16H9Cl2NO3/c17-10-6-3-7-11(12(10)18)19-13-14(20)8-4-1-2-5-9(8)15(21)16(13)22/h1-7,19-20H. The lowest BCUT2D eigenvalue weighted by Crippen LogP contribution is -2.27. The zero-order chi connectivity index (χ0) is 15.9. The van der Waals surface area contributed by atoms with Crippen LogP contribution < -0.4 is 5.32 Å². The van der Waals surface area contributed by atoms with Crippen molar-refractivity contribution in [3.8, 4) is 0 Å². The third-order valence-electron chi connectivity index (χ3n) is 3.31. The first kappa shape index (κ1) is 14.6. The lowest BCUT2D eigenvalue weighted by Gasteiger charge is -2.19. The molecule has 0 bridgehead atoms. The topological polar surface area (TPSA) is 66.4 Å². The predicted octanol–water partition coefficient (Wildman–Crippen LogP) is 4.10. The van der Waals surface area contributed by atoms with Crippen LogP contribution in [0.1, 0.15) is 15.9 Å². The number of halogens is 2. The average molecular weight is 334 g/mol. The second-order valence-corrected chi connectivity index (χ2v) is 5.44. The Morgan fingerprint density at radius 1 is 0.864 bits per heavy atom. The maximum Gasteiger partial charge on any atom is 0.253 e. The number of rotatable bonds is 2. The van der Waals surface area contributed by atoms with E-state index in [9.17, 15) is 14.7 Å². The van der Waals surface area contributed by atoms with Gasteiger partial charge in [-0.25, -0.2) is 0 Å². The van der Waals surface area contributed by atoms with E-state index in [1.807, 2.05) is 0 Å². The largest absolute Gasteiger partial charge is 0.505 e. The van der Waals surface area contributed by atoms with Crippen molar-refractivity contribution in [2.45, 2.75) is 0 Å². The molecule has 0 saturated heterocycles. The summed E-state index contributed by atoms with van der Waals surface area (Å²) in [5.74, 6) is -1.81. The Balaban J connectivity index is 2.12. The third kappa shape index (κ3) is 2.26. The van der Waals surface area contributed by atoms with Crippen molar-refractivity contribution in [3.63, 3.8) is 0 Å². The number of anilines is 1. The maximum absolute atomic E-state index is 12.2. The van der Waals surface area contributed by atoms with Crippen LogP contribution in [0.5, 0.6) is 0 Å². The summed E-state index contributed by atoms with van der Waals surface area (Å²) in [5.41, 5.74) is 0.588. The zero-order valence-electron chi connectivity index (χ0n) is 11.1. The van der Waals surface area contributed by atoms with E-state index in [2.05, 4.69) is 5.32 Å². The predicted molar refractivity (Wildman–Crippen MR) is 85.4 cm³/mol. The lowest BCUT2D eigenvalue weighted by molar-refractivity contribution is -0.111. The van der Waals surface area contributed by atoms with Crippen LogP contribution in [0.4, 0.5) is 5.69 Å². The van der Waals surface area contributed by atoms with Gasteiger partial charge < -0.3 is 10.4 Å². The number of fused-ring (bicyclic) bond motifs is 1. The number of aliphatic hydroxyl groups is 1. The molecule has 0 amide bonds. The van der Waals surface area contributed by atoms with Crippen LogP contribution in [0.3, 0.4) is 0 Å². The van der Waals surface area contributed by atoms with Crippen molar-refractivity contribution in [1.29, 1.82) is 0 Å². The second kappa shape index (κ2) is 5.48. The SMILES string of the molecule is O=C1C(=O)c2ccccc2C(O)=C1Nc1cccc(Cl)c1Cl. The minimum atomic E-state index is -0.827. The van der Waals surface area contributed by atoms with Gasteiger partial charge in [-0.05, 0) is 12.1 Å². The number of hydrogen-bond acceptors (Lipinski definition) is 4. The van der Waals surface area contributed by atoms with E-state index in [4.69, 9.17) is 23.2 Å². The molecular weight excluding hydrogens is 325 g/mol. The van der Waals surface area contributed by atoms with Gasteiger partial charge in [-0.1, -0.05) is 53.5 Å². The highest BCUT2D eigenvalue weighted by molar-refractivity contribution is 6.53. The average Bonchev–Trinajstić information content (AvgIpc) is 2.53. The molecule has 0 saturated carbocycles. The molecule has 2 N–H and O–H groups in total. The van der Waals surface area contributed by atoms with E-state index in [1.54, 1.807) is 36.4 Å². The van der Waals surface area contributed by atoms with Crippen molar-refractivity contribution < 1.29 is 14.7 Å². The van der Waals surface area contributed by atoms with Crippen LogP contribution in [0.2, 0.25) is 10.0 Å². The molecule has 22 heavy (non-hydrogen) atoms. The number of benzene rings is 2. The number of hydrogen-bond donors (Lipinski definition) is 2. The Kier molecular flexibility index (Phi) is 3.64. The quantitative estimate of drug-likeness (QED) is 0.812. The number of ketones is 2. The first-order valence-electron chi connectivity index (χ1n) is 6.33. The van der Waals surface area contributed by atoms with E-state index in [0.29, 0.717) is 16.3 Å². The van der Waals surface area contributed by atoms with Crippen molar-refractivity contribution in [3.05, 3.63) is 69.3 Å². The molecule has 0 unspecified atom stereocenters. The molecule has 0 atom stereocenters. The fraction of sp³-hybridized carbons (Fsp3) is 0. The number of nitrogens with one attached hydrogen (secondary N) is 1. The number of allylic oxidation sites excluding steroid dienone is 1. The Hall–Kier alpha value is -2.30. The van der Waals surface area contributed by atoms with Crippen LogP contribution in [-0.4, -0.2) is 16.7 Å². The van der Waals surface area contributed by atoms with Gasteiger partial charge in [-0.15, -0.1) is 0 Å². The Bertz CT molecular complexity index is 843. The Morgan fingerprint density at radius 3 is 2.27 bits per heavy atom. The molecule has 3 rings (SSSR count). The van der Waals surface area contributed by atoms with Crippen molar-refractivity contribution in [2.24, 2.45) is 0 Å². The fourth-order valence-electron chi connectivity index (χ4n) is 2.22. The second-order valence-electron chi connectivity index (χ2n) is 4.65. The molecule has 6 heteroatoms. The Labute approximate surface area is 136 Å². The molecule has 0 aromatic heterocycles. The van der Waals surface area contributed by atoms with Crippen LogP contribution >= 0.6 is 23.2 Å². The first-order valence-corrected chi connectivity index (χ1v) is 7.09. The normalized spacial score (nSPS) is 14.1. The monoisotopic (exact) mass is 333 g/mol. The van der Waals surface area contributed by atoms with Gasteiger partial charge in [0.1, 0.15) is 5.70 Å². The lowest BCUT2D eigenvalue weighted by atomic mass is 9.91. The summed E-state index contributed by atoms with van der Waals surface area (Å²) in [6.07, 6.45) is 0. The van der Waals surface area contributed by atoms with E-state index in [0.717, 1.165) is 0 Å². The Morgan fingerprint density at radius 2 is 1.55 bits per heavy atom. The molecule has 1 aliphatic carbocycles. The number of Topliss-reactive ketones (excluding diaryl/α,β-unsaturated/α-hetero) is 2. The molecule has 4 nitrogen and oxygen atoms in total. The van der Waals surface area contributed by atoms with Gasteiger partial charge >= 0.3 is 0 Å². The van der Waals surface area contributed by atoms with E-state index in [1.165, 1.54) is 6.07 Å². The van der Waals surface area contributed by atoms with Gasteiger partial charge in [0.15, 0.2) is 5.76 Å². The van der Waals surface area contributed by atoms with Crippen molar-refractivity contribution >= 4 is 46.2 Å². The van der Waals surface area contributed by atoms with Gasteiger partial charge in [0.2, 0.25) is 5.78 Å². The summed E-state index contributed by atoms with van der Waals surface area (Å²) in [6, 6.07) is 11.2. The van der Waals surface area contributed by atoms with E-state index in [-0.39, 0.29) is 22.0 Å². The van der Waals surface area contributed by atoms with Gasteiger partial charge in [0, 0.05) is 11.1 Å². The number of aliphatic hydroxyl groups excluding tert-OH is 1. The highest BCUT2D eigenvalue weighted by Gasteiger charge is 2.33. The number of carbonyl (C=O) groups excluding carboxylic acids is 2. The van der Waals surface area contributed by atoms with Crippen LogP contribution in [0.25, 0.3) is 5.76 Å². The summed E-state index contributed by atoms with van der Waals surface area (Å²) in [6.45, 7) is 0. The number of carbonyl (C=O) groups is 2. The third-order valence-corrected chi connectivity index (χ3v) is 4.13. The first-order chi connectivity index (χ1) is 10.5. The minimum absolute atomic E-state index is 0.174. The van der Waals surface area contributed by atoms with Gasteiger partial charge in [0.05, 0.1) is 15.7 Å². The molecule has 2 aromatic rings. The summed E-state index contributed by atoms with van der Waals surface area (Å²) < 4.78 is 0. The van der Waals surface area contributed by atoms with Gasteiger partial charge in [-0.2, -0.15) is 0 Å². The van der Waals surface area contributed by atoms with Crippen LogP contribution in [0.15, 0.2) is 48.2 Å². The summed E-state index contributed by atoms with van der Waals surface area (Å²) in [5, 5.41) is 13.5. The molecule has 0 heterocycles. The van der Waals surface area contributed by atoms with Gasteiger partial charge in [-0.3, -0.25) is 9.59 Å². The van der Waals surface area contributed by atoms with Crippen molar-refractivity contribution in [1.82, 2.24) is 0 Å². The molecule has 0 radical (unpaired) electrons. The fourth-order valence-corrected chi connectivity index (χ4v) is 2.56. The molecule has 0 fully saturated rings. The molecule has 0 aliphatic heterocycles. The summed E-state index contributed by atoms with van der Waals surface area (Å²) in [7, 11) is 0. The molecule has 110 valence electrons. The molecule has 0 spiro atoms. The highest BCUT2D eigenvalue weighted by atomic mass is 35.5. The zero-order valence-corrected chi connectivity index (χ0v) is 12.6. The minimum Gasteiger partial charge on any atom is -0.505 e. The smallest absolute Gasteiger partial charge is 0.253 e. The van der Waals surface area contributed by atoms with E-state index < -0.39 is 11.6 Å². The van der Waals surface area contributed by atoms with Crippen molar-refractivity contribution in [2.75, 3.05) is 5.32 Å². The molecule has 1 aliphatic rings. The van der Waals surface area contributed by atoms with Crippen LogP contribution in [0, 0.1) is 0 Å². The molecular formula is C16H9Cl2NO3. The van der Waals surface area contributed by atoms with E-state index >= 15 is 0 Å². The summed E-state index contributed by atoms with van der Waals surface area (Å²) in [4.78, 5) is 24.3. The van der Waals surface area contributed by atoms with Gasteiger partial charge in [0.25, 0.3) is 5.78 Å². The summed E-state index contributed by atoms with van der Waals surface area (Å²) >= 11 is 12.0. The highest BCUT2D eigenvalue weighted by Crippen LogP contribution is 2.33. The maximum atomic E-state index is 12.2. The molecule has 2 aromatic carbocycles. The van der Waals surface area contributed by atoms with Crippen LogP contribution in [-0.2, 0) is 4.79 Å².